The number of hydrogen-bond donors (Lipinski definition) is 1. The van der Waals surface area contributed by atoms with Crippen LogP contribution >= 0.6 is 0 Å². The van der Waals surface area contributed by atoms with Gasteiger partial charge in [0.1, 0.15) is 0 Å². The fourth-order valence-electron chi connectivity index (χ4n) is 3.62. The number of sulfone groups is 1. The third kappa shape index (κ3) is 4.24. The highest BCUT2D eigenvalue weighted by Gasteiger charge is 2.29. The first-order valence-corrected chi connectivity index (χ1v) is 11.7. The van der Waals surface area contributed by atoms with Gasteiger partial charge in [-0.25, -0.2) is 18.2 Å². The van der Waals surface area contributed by atoms with Gasteiger partial charge in [0.2, 0.25) is 15.0 Å². The summed E-state index contributed by atoms with van der Waals surface area (Å²) < 4.78 is 25.6. The molecule has 0 atom stereocenters. The van der Waals surface area contributed by atoms with Crippen LogP contribution in [0.15, 0.2) is 53.8 Å². The van der Waals surface area contributed by atoms with E-state index in [1.807, 2.05) is 31.2 Å². The highest BCUT2D eigenvalue weighted by Crippen LogP contribution is 2.19. The molecule has 162 valence electrons. The van der Waals surface area contributed by atoms with Gasteiger partial charge < -0.3 is 15.1 Å². The first-order valence-electron chi connectivity index (χ1n) is 9.83. The van der Waals surface area contributed by atoms with E-state index in [1.165, 1.54) is 4.40 Å². The van der Waals surface area contributed by atoms with Crippen molar-refractivity contribution in [3.8, 4) is 0 Å². The molecule has 3 aromatic rings. The number of anilines is 1. The van der Waals surface area contributed by atoms with E-state index in [2.05, 4.69) is 10.3 Å². The molecular formula is C21H23N5O4S. The molecule has 0 aliphatic carbocycles. The molecule has 2 aromatic heterocycles. The fraction of sp³-hybridized carbons (Fsp3) is 0.286. The van der Waals surface area contributed by atoms with Crippen LogP contribution in [-0.4, -0.2) is 72.0 Å². The highest BCUT2D eigenvalue weighted by molar-refractivity contribution is 7.90. The maximum absolute atomic E-state index is 13.1. The zero-order valence-electron chi connectivity index (χ0n) is 17.3. The average molecular weight is 442 g/mol. The van der Waals surface area contributed by atoms with Crippen molar-refractivity contribution in [2.45, 2.75) is 12.1 Å². The fourth-order valence-corrected chi connectivity index (χ4v) is 4.39. The van der Waals surface area contributed by atoms with Gasteiger partial charge in [-0.05, 0) is 36.8 Å². The lowest BCUT2D eigenvalue weighted by Gasteiger charge is -2.34. The minimum atomic E-state index is -3.61. The van der Waals surface area contributed by atoms with Crippen LogP contribution in [0.3, 0.4) is 0 Å². The van der Waals surface area contributed by atoms with Crippen LogP contribution in [-0.2, 0) is 9.84 Å². The van der Waals surface area contributed by atoms with Crippen LogP contribution < -0.4 is 5.32 Å². The normalized spacial score (nSPS) is 14.6. The number of piperazine rings is 1. The molecule has 10 heteroatoms. The number of aromatic nitrogens is 2. The van der Waals surface area contributed by atoms with Crippen LogP contribution in [0.5, 0.6) is 0 Å². The van der Waals surface area contributed by atoms with Crippen LogP contribution in [0.1, 0.15) is 16.1 Å². The van der Waals surface area contributed by atoms with E-state index in [-0.39, 0.29) is 22.8 Å². The van der Waals surface area contributed by atoms with Crippen molar-refractivity contribution in [3.05, 3.63) is 59.9 Å². The molecule has 1 saturated heterocycles. The second-order valence-electron chi connectivity index (χ2n) is 7.55. The zero-order chi connectivity index (χ0) is 22.2. The molecule has 0 spiro atoms. The highest BCUT2D eigenvalue weighted by atomic mass is 32.2. The van der Waals surface area contributed by atoms with Crippen LogP contribution in [0, 0.1) is 6.92 Å². The number of pyridine rings is 1. The molecule has 0 unspecified atom stereocenters. The molecule has 0 radical (unpaired) electrons. The second-order valence-corrected chi connectivity index (χ2v) is 9.46. The average Bonchev–Trinajstić information content (AvgIpc) is 3.13. The van der Waals surface area contributed by atoms with Crippen molar-refractivity contribution in [2.75, 3.05) is 37.8 Å². The topological polar surface area (TPSA) is 104 Å². The van der Waals surface area contributed by atoms with Gasteiger partial charge in [-0.2, -0.15) is 0 Å². The quantitative estimate of drug-likeness (QED) is 0.670. The number of carbonyl (C=O) groups is 2. The number of nitrogens with zero attached hydrogens (tertiary/aromatic N) is 4. The van der Waals surface area contributed by atoms with E-state index in [1.54, 1.807) is 34.2 Å². The van der Waals surface area contributed by atoms with Gasteiger partial charge >= 0.3 is 6.03 Å². The Hall–Kier alpha value is -3.40. The summed E-state index contributed by atoms with van der Waals surface area (Å²) in [6.07, 6.45) is 2.64. The standard InChI is InChI=1S/C21H23N5O4S/c1-15-6-5-7-16(14-15)22-20(28)25-12-10-24(11-13-25)19(27)18-17-8-3-4-9-26(17)21(23-18)31(2,29)30/h3-9,14H,10-13H2,1-2H3,(H,22,28). The lowest BCUT2D eigenvalue weighted by molar-refractivity contribution is 0.0668. The lowest BCUT2D eigenvalue weighted by atomic mass is 10.2. The molecule has 9 nitrogen and oxygen atoms in total. The first-order chi connectivity index (χ1) is 14.7. The van der Waals surface area contributed by atoms with Gasteiger partial charge in [-0.15, -0.1) is 0 Å². The van der Waals surface area contributed by atoms with Crippen LogP contribution in [0.2, 0.25) is 0 Å². The number of rotatable bonds is 3. The number of fused-ring (bicyclic) bond motifs is 1. The minimum absolute atomic E-state index is 0.0960. The van der Waals surface area contributed by atoms with Gasteiger partial charge in [0.15, 0.2) is 5.69 Å². The number of aryl methyl sites for hydroxylation is 1. The van der Waals surface area contributed by atoms with Crippen molar-refractivity contribution in [1.82, 2.24) is 19.2 Å². The molecule has 1 fully saturated rings. The van der Waals surface area contributed by atoms with E-state index in [9.17, 15) is 18.0 Å². The molecule has 1 aliphatic heterocycles. The van der Waals surface area contributed by atoms with Gasteiger partial charge in [0.25, 0.3) is 5.91 Å². The number of imidazole rings is 1. The Morgan fingerprint density at radius 1 is 1.00 bits per heavy atom. The Bertz CT molecular complexity index is 1260. The third-order valence-electron chi connectivity index (χ3n) is 5.17. The molecule has 3 heterocycles. The summed E-state index contributed by atoms with van der Waals surface area (Å²) in [5, 5.41) is 2.71. The Kier molecular flexibility index (Phi) is 5.40. The van der Waals surface area contributed by atoms with Gasteiger partial charge in [0, 0.05) is 44.3 Å². The number of carbonyl (C=O) groups excluding carboxylic acids is 2. The van der Waals surface area contributed by atoms with Crippen molar-refractivity contribution in [2.24, 2.45) is 0 Å². The minimum Gasteiger partial charge on any atom is -0.334 e. The van der Waals surface area contributed by atoms with Crippen molar-refractivity contribution in [3.63, 3.8) is 0 Å². The van der Waals surface area contributed by atoms with Crippen molar-refractivity contribution < 1.29 is 18.0 Å². The molecule has 1 aliphatic rings. The molecular weight excluding hydrogens is 418 g/mol. The second kappa shape index (κ2) is 8.03. The molecule has 1 N–H and O–H groups in total. The largest absolute Gasteiger partial charge is 0.334 e. The number of benzene rings is 1. The molecule has 3 amide bonds. The smallest absolute Gasteiger partial charge is 0.321 e. The SMILES string of the molecule is Cc1cccc(NC(=O)N2CCN(C(=O)c3nc(S(C)(=O)=O)n4ccccc34)CC2)c1. The number of hydrogen-bond acceptors (Lipinski definition) is 5. The van der Waals surface area contributed by atoms with Crippen LogP contribution in [0.4, 0.5) is 10.5 Å². The molecule has 1 aromatic carbocycles. The lowest BCUT2D eigenvalue weighted by Crippen LogP contribution is -2.51. The predicted octanol–water partition coefficient (Wildman–Crippen LogP) is 2.04. The molecule has 4 rings (SSSR count). The van der Waals surface area contributed by atoms with E-state index in [0.717, 1.165) is 17.5 Å². The third-order valence-corrected chi connectivity index (χ3v) is 6.12. The van der Waals surface area contributed by atoms with Crippen LogP contribution in [0.25, 0.3) is 5.52 Å². The zero-order valence-corrected chi connectivity index (χ0v) is 18.1. The van der Waals surface area contributed by atoms with E-state index >= 15 is 0 Å². The summed E-state index contributed by atoms with van der Waals surface area (Å²) in [5.74, 6) is -0.350. The molecule has 0 bridgehead atoms. The first kappa shape index (κ1) is 20.9. The number of nitrogens with one attached hydrogen (secondary N) is 1. The van der Waals surface area contributed by atoms with Gasteiger partial charge in [0.05, 0.1) is 5.52 Å². The molecule has 31 heavy (non-hydrogen) atoms. The van der Waals surface area contributed by atoms with E-state index in [4.69, 9.17) is 0 Å². The Balaban J connectivity index is 1.47. The van der Waals surface area contributed by atoms with Crippen molar-refractivity contribution in [1.29, 1.82) is 0 Å². The summed E-state index contributed by atoms with van der Waals surface area (Å²) in [5.41, 5.74) is 2.31. The summed E-state index contributed by atoms with van der Waals surface area (Å²) in [4.78, 5) is 33.0. The summed E-state index contributed by atoms with van der Waals surface area (Å²) in [7, 11) is -3.61. The number of amides is 3. The summed E-state index contributed by atoms with van der Waals surface area (Å²) >= 11 is 0. The summed E-state index contributed by atoms with van der Waals surface area (Å²) in [6, 6.07) is 12.4. The van der Waals surface area contributed by atoms with Crippen molar-refractivity contribution >= 4 is 33.0 Å². The number of urea groups is 1. The Morgan fingerprint density at radius 3 is 2.39 bits per heavy atom. The maximum atomic E-state index is 13.1. The maximum Gasteiger partial charge on any atom is 0.321 e. The van der Waals surface area contributed by atoms with E-state index < -0.39 is 9.84 Å². The Morgan fingerprint density at radius 2 is 1.71 bits per heavy atom. The van der Waals surface area contributed by atoms with Gasteiger partial charge in [-0.1, -0.05) is 18.2 Å². The van der Waals surface area contributed by atoms with Gasteiger partial charge in [-0.3, -0.25) is 9.20 Å². The monoisotopic (exact) mass is 441 g/mol. The summed E-state index contributed by atoms with van der Waals surface area (Å²) in [6.45, 7) is 3.36. The predicted molar refractivity (Wildman–Crippen MR) is 116 cm³/mol. The molecule has 0 saturated carbocycles. The Labute approximate surface area is 180 Å². The van der Waals surface area contributed by atoms with E-state index in [0.29, 0.717) is 31.7 Å².